The number of para-hydroxylation sites is 2. The van der Waals surface area contributed by atoms with Crippen LogP contribution in [0.2, 0.25) is 0 Å². The van der Waals surface area contributed by atoms with Gasteiger partial charge < -0.3 is 65.6 Å². The molecule has 0 saturated carbocycles. The quantitative estimate of drug-likeness (QED) is 0.0228. The molecule has 62 heavy (non-hydrogen) atoms. The third-order valence-corrected chi connectivity index (χ3v) is 10.3. The highest BCUT2D eigenvalue weighted by Gasteiger charge is 2.32. The van der Waals surface area contributed by atoms with Crippen LogP contribution < -0.4 is 55.7 Å². The molecule has 19 nitrogen and oxygen atoms in total. The van der Waals surface area contributed by atoms with Crippen LogP contribution in [0.4, 0.5) is 0 Å². The molecule has 0 radical (unpaired) electrons. The van der Waals surface area contributed by atoms with Crippen molar-refractivity contribution in [2.75, 3.05) is 13.1 Å². The number of nitrogens with one attached hydrogen (secondary N) is 6. The predicted molar refractivity (Wildman–Crippen MR) is 239 cm³/mol. The number of benzene rings is 3. The molecule has 3 aromatic carbocycles. The molecule has 0 spiro atoms. The van der Waals surface area contributed by atoms with Gasteiger partial charge in [0.05, 0.1) is 6.04 Å². The number of rotatable bonds is 23. The highest BCUT2D eigenvalue weighted by molar-refractivity contribution is 5.97. The van der Waals surface area contributed by atoms with Gasteiger partial charge in [0.15, 0.2) is 11.9 Å². The maximum atomic E-state index is 14.6. The average Bonchev–Trinajstić information content (AvgIpc) is 3.86. The third kappa shape index (κ3) is 13.3. The molecule has 0 aliphatic heterocycles. The molecule has 328 valence electrons. The Morgan fingerprint density at radius 1 is 0.516 bits per heavy atom. The van der Waals surface area contributed by atoms with E-state index in [9.17, 15) is 24.0 Å². The fourth-order valence-corrected chi connectivity index (χ4v) is 7.05. The second-order valence-corrected chi connectivity index (χ2v) is 15.0. The van der Waals surface area contributed by atoms with E-state index in [1.165, 1.54) is 0 Å². The number of aromatic amines is 2. The number of hydrogen-bond donors (Lipinski definition) is 12. The molecule has 19 heteroatoms. The second kappa shape index (κ2) is 22.3. The zero-order valence-corrected chi connectivity index (χ0v) is 34.3. The van der Waals surface area contributed by atoms with E-state index >= 15 is 0 Å². The van der Waals surface area contributed by atoms with E-state index in [1.54, 1.807) is 36.7 Å². The highest BCUT2D eigenvalue weighted by atomic mass is 16.2. The minimum atomic E-state index is -1.27. The van der Waals surface area contributed by atoms with E-state index in [-0.39, 0.29) is 63.5 Å². The number of aliphatic imine (C=N–C) groups is 2. The first kappa shape index (κ1) is 45.7. The lowest BCUT2D eigenvalue weighted by Crippen LogP contribution is -2.59. The summed E-state index contributed by atoms with van der Waals surface area (Å²) in [5.41, 5.74) is 37.7. The zero-order chi connectivity index (χ0) is 44.6. The van der Waals surface area contributed by atoms with E-state index in [1.807, 2.05) is 54.6 Å². The molecule has 5 aromatic rings. The van der Waals surface area contributed by atoms with Crippen LogP contribution in [0.3, 0.4) is 0 Å². The number of carbonyl (C=O) groups is 5. The summed E-state index contributed by atoms with van der Waals surface area (Å²) in [5, 5.41) is 12.8. The van der Waals surface area contributed by atoms with Crippen LogP contribution in [-0.4, -0.2) is 94.7 Å². The lowest BCUT2D eigenvalue weighted by molar-refractivity contribution is -0.134. The average molecular weight is 849 g/mol. The van der Waals surface area contributed by atoms with Crippen molar-refractivity contribution < 1.29 is 24.0 Å². The summed E-state index contributed by atoms with van der Waals surface area (Å²) in [6, 6.07) is 18.2. The number of amides is 5. The number of carbonyl (C=O) groups excluding carboxylic acids is 5. The van der Waals surface area contributed by atoms with Crippen LogP contribution in [0.25, 0.3) is 21.8 Å². The molecule has 0 aliphatic rings. The first-order chi connectivity index (χ1) is 29.8. The number of fused-ring (bicyclic) bond motifs is 2. The molecule has 0 saturated heterocycles. The van der Waals surface area contributed by atoms with Gasteiger partial charge in [-0.05, 0) is 54.5 Å². The van der Waals surface area contributed by atoms with Crippen molar-refractivity contribution in [2.45, 2.75) is 75.2 Å². The normalized spacial score (nSPS) is 13.5. The summed E-state index contributed by atoms with van der Waals surface area (Å²) in [5.74, 6) is -3.65. The summed E-state index contributed by atoms with van der Waals surface area (Å²) in [4.78, 5) is 83.4. The molecule has 0 fully saturated rings. The standard InChI is InChI=1S/C43H56N14O5/c44-30(14-8-18-50-42(46)47)38(59)54-33(17-9-19-51-43(48)49)39(60)57-36(22-27-24-53-32-16-7-5-13-29(27)32)41(62)56-35(20-25-10-2-1-3-11-25)40(61)55-34(37(45)58)21-26-23-52-31-15-6-4-12-28(26)31/h1-7,10-13,15-16,23-24,30,33-36,52-53H,8-9,14,17-22,44H2,(H2,45,58)(H,54,59)(H,55,61)(H,56,62)(H,57,60)(H4,46,47,50)(H4,48,49,51)/t30-,33-,34-,35-,36-/m0/s1. The predicted octanol–water partition coefficient (Wildman–Crippen LogP) is -0.464. The van der Waals surface area contributed by atoms with Crippen LogP contribution in [0.5, 0.6) is 0 Å². The summed E-state index contributed by atoms with van der Waals surface area (Å²) < 4.78 is 0. The number of nitrogens with zero attached hydrogens (tertiary/aromatic N) is 2. The van der Waals surface area contributed by atoms with E-state index in [0.717, 1.165) is 32.9 Å². The summed E-state index contributed by atoms with van der Waals surface area (Å²) >= 11 is 0. The second-order valence-electron chi connectivity index (χ2n) is 15.0. The van der Waals surface area contributed by atoms with Crippen molar-refractivity contribution in [3.63, 3.8) is 0 Å². The monoisotopic (exact) mass is 848 g/mol. The molecule has 5 amide bonds. The van der Waals surface area contributed by atoms with Crippen molar-refractivity contribution in [3.05, 3.63) is 108 Å². The van der Waals surface area contributed by atoms with Gasteiger partial charge in [-0.15, -0.1) is 0 Å². The molecule has 0 bridgehead atoms. The fourth-order valence-electron chi connectivity index (χ4n) is 7.05. The Balaban J connectivity index is 1.41. The largest absolute Gasteiger partial charge is 0.370 e. The number of aromatic nitrogens is 2. The van der Waals surface area contributed by atoms with Crippen LogP contribution >= 0.6 is 0 Å². The van der Waals surface area contributed by atoms with Gasteiger partial charge >= 0.3 is 0 Å². The molecular formula is C43H56N14O5. The van der Waals surface area contributed by atoms with Gasteiger partial charge in [-0.25, -0.2) is 0 Å². The number of guanidine groups is 2. The maximum Gasteiger partial charge on any atom is 0.243 e. The van der Waals surface area contributed by atoms with Gasteiger partial charge in [-0.1, -0.05) is 66.7 Å². The van der Waals surface area contributed by atoms with Gasteiger partial charge in [-0.2, -0.15) is 0 Å². The Labute approximate surface area is 358 Å². The van der Waals surface area contributed by atoms with Gasteiger partial charge in [0.2, 0.25) is 29.5 Å². The maximum absolute atomic E-state index is 14.6. The van der Waals surface area contributed by atoms with Gasteiger partial charge in [0.25, 0.3) is 0 Å². The van der Waals surface area contributed by atoms with E-state index < -0.39 is 59.7 Å². The molecule has 0 unspecified atom stereocenters. The van der Waals surface area contributed by atoms with E-state index in [2.05, 4.69) is 41.2 Å². The van der Waals surface area contributed by atoms with Crippen molar-refractivity contribution in [2.24, 2.45) is 44.4 Å². The fraction of sp³-hybridized carbons (Fsp3) is 0.326. The Bertz CT molecular complexity index is 2370. The molecule has 2 aromatic heterocycles. The minimum Gasteiger partial charge on any atom is -0.370 e. The molecule has 5 rings (SSSR count). The molecule has 5 atom stereocenters. The van der Waals surface area contributed by atoms with Crippen LogP contribution in [0, 0.1) is 0 Å². The number of hydrogen-bond acceptors (Lipinski definition) is 8. The lowest BCUT2D eigenvalue weighted by Gasteiger charge is -2.27. The molecule has 2 heterocycles. The number of nitrogens with two attached hydrogens (primary N) is 6. The van der Waals surface area contributed by atoms with Gasteiger partial charge in [0, 0.05) is 66.6 Å². The van der Waals surface area contributed by atoms with Crippen LogP contribution in [0.15, 0.2) is 101 Å². The van der Waals surface area contributed by atoms with Gasteiger partial charge in [-0.3, -0.25) is 34.0 Å². The molecule has 18 N–H and O–H groups in total. The van der Waals surface area contributed by atoms with Crippen molar-refractivity contribution in [3.8, 4) is 0 Å². The molecule has 0 aliphatic carbocycles. The van der Waals surface area contributed by atoms with Gasteiger partial charge in [0.1, 0.15) is 24.2 Å². The minimum absolute atomic E-state index is 0.00922. The van der Waals surface area contributed by atoms with E-state index in [0.29, 0.717) is 12.0 Å². The van der Waals surface area contributed by atoms with Crippen molar-refractivity contribution in [1.29, 1.82) is 0 Å². The number of primary amides is 1. The first-order valence-electron chi connectivity index (χ1n) is 20.3. The Morgan fingerprint density at radius 2 is 0.952 bits per heavy atom. The lowest BCUT2D eigenvalue weighted by atomic mass is 10.00. The van der Waals surface area contributed by atoms with Crippen LogP contribution in [0.1, 0.15) is 42.4 Å². The third-order valence-electron chi connectivity index (χ3n) is 10.3. The Kier molecular flexibility index (Phi) is 16.4. The number of H-pyrrole nitrogens is 2. The first-order valence-corrected chi connectivity index (χ1v) is 20.3. The molecular weight excluding hydrogens is 793 g/mol. The summed E-state index contributed by atoms with van der Waals surface area (Å²) in [7, 11) is 0. The highest BCUT2D eigenvalue weighted by Crippen LogP contribution is 2.21. The topological polar surface area (TPSA) is 346 Å². The Hall–Kier alpha value is -7.41. The SMILES string of the molecule is NC(=O)[C@H](Cc1c[nH]c2ccccc12)NC(=O)[C@H](Cc1ccccc1)NC(=O)[C@H](Cc1c[nH]c2ccccc12)NC(=O)[C@H](CCCN=C(N)N)NC(=O)[C@@H](N)CCCN=C(N)N. The van der Waals surface area contributed by atoms with E-state index in [4.69, 9.17) is 34.4 Å². The van der Waals surface area contributed by atoms with Crippen molar-refractivity contribution >= 4 is 63.3 Å². The summed E-state index contributed by atoms with van der Waals surface area (Å²) in [6.07, 6.45) is 4.61. The Morgan fingerprint density at radius 3 is 1.48 bits per heavy atom. The summed E-state index contributed by atoms with van der Waals surface area (Å²) in [6.45, 7) is 0.418. The smallest absolute Gasteiger partial charge is 0.243 e. The zero-order valence-electron chi connectivity index (χ0n) is 34.3. The van der Waals surface area contributed by atoms with Crippen LogP contribution in [-0.2, 0) is 43.2 Å². The van der Waals surface area contributed by atoms with Crippen molar-refractivity contribution in [1.82, 2.24) is 31.2 Å².